The summed E-state index contributed by atoms with van der Waals surface area (Å²) >= 11 is 0. The summed E-state index contributed by atoms with van der Waals surface area (Å²) in [4.78, 5) is 11.4. The van der Waals surface area contributed by atoms with Crippen LogP contribution in [-0.4, -0.2) is 12.0 Å². The van der Waals surface area contributed by atoms with Gasteiger partial charge in [-0.15, -0.1) is 6.58 Å². The van der Waals surface area contributed by atoms with Crippen molar-refractivity contribution < 1.29 is 9.18 Å². The summed E-state index contributed by atoms with van der Waals surface area (Å²) in [6.45, 7) is 3.64. The Labute approximate surface area is 82.3 Å². The average Bonchev–Trinajstić information content (AvgIpc) is 2.46. The highest BCUT2D eigenvalue weighted by Crippen LogP contribution is 2.27. The molecule has 0 spiro atoms. The predicted molar refractivity (Wildman–Crippen MR) is 53.3 cm³/mol. The molecular formula is C12H11FO. The van der Waals surface area contributed by atoms with E-state index in [2.05, 4.69) is 6.58 Å². The van der Waals surface area contributed by atoms with Gasteiger partial charge in [0.15, 0.2) is 12.0 Å². The number of allylic oxidation sites excluding steroid dienone is 1. The standard InChI is InChI=1S/C12H11FO/c1-2-4-8-5-3-6-9-10(8)7-11(13)12(9)14/h2-3,5-6,11H,1,4,7H2. The van der Waals surface area contributed by atoms with Gasteiger partial charge >= 0.3 is 0 Å². The molecule has 2 rings (SSSR count). The minimum atomic E-state index is -1.34. The number of rotatable bonds is 2. The van der Waals surface area contributed by atoms with Crippen molar-refractivity contribution >= 4 is 5.78 Å². The van der Waals surface area contributed by atoms with Gasteiger partial charge in [0.25, 0.3) is 0 Å². The van der Waals surface area contributed by atoms with Crippen molar-refractivity contribution in [1.29, 1.82) is 0 Å². The molecule has 0 radical (unpaired) electrons. The van der Waals surface area contributed by atoms with Crippen molar-refractivity contribution in [1.82, 2.24) is 0 Å². The van der Waals surface area contributed by atoms with Gasteiger partial charge < -0.3 is 0 Å². The number of alkyl halides is 1. The average molecular weight is 190 g/mol. The van der Waals surface area contributed by atoms with Crippen molar-refractivity contribution in [2.24, 2.45) is 0 Å². The van der Waals surface area contributed by atoms with Crippen molar-refractivity contribution in [2.75, 3.05) is 0 Å². The van der Waals surface area contributed by atoms with E-state index in [1.807, 2.05) is 6.07 Å². The van der Waals surface area contributed by atoms with Crippen LogP contribution in [-0.2, 0) is 12.8 Å². The van der Waals surface area contributed by atoms with Crippen LogP contribution in [0, 0.1) is 0 Å². The Morgan fingerprint density at radius 1 is 1.57 bits per heavy atom. The molecule has 0 fully saturated rings. The topological polar surface area (TPSA) is 17.1 Å². The zero-order valence-electron chi connectivity index (χ0n) is 7.79. The van der Waals surface area contributed by atoms with E-state index in [0.29, 0.717) is 12.0 Å². The second kappa shape index (κ2) is 3.37. The minimum absolute atomic E-state index is 0.234. The van der Waals surface area contributed by atoms with Gasteiger partial charge in [-0.05, 0) is 17.5 Å². The Bertz CT molecular complexity index is 395. The van der Waals surface area contributed by atoms with Gasteiger partial charge in [-0.1, -0.05) is 24.3 Å². The number of carbonyl (C=O) groups is 1. The fourth-order valence-corrected chi connectivity index (χ4v) is 1.89. The molecule has 14 heavy (non-hydrogen) atoms. The van der Waals surface area contributed by atoms with Gasteiger partial charge in [0, 0.05) is 12.0 Å². The first kappa shape index (κ1) is 9.13. The maximum absolute atomic E-state index is 13.2. The number of benzene rings is 1. The summed E-state index contributed by atoms with van der Waals surface area (Å²) < 4.78 is 13.2. The van der Waals surface area contributed by atoms with E-state index in [4.69, 9.17) is 0 Å². The van der Waals surface area contributed by atoms with Gasteiger partial charge in [0.05, 0.1) is 0 Å². The molecule has 1 aromatic rings. The van der Waals surface area contributed by atoms with Crippen LogP contribution in [0.25, 0.3) is 0 Å². The highest BCUT2D eigenvalue weighted by atomic mass is 19.1. The molecule has 0 amide bonds. The van der Waals surface area contributed by atoms with Crippen LogP contribution in [0.3, 0.4) is 0 Å². The largest absolute Gasteiger partial charge is 0.291 e. The van der Waals surface area contributed by atoms with Crippen molar-refractivity contribution in [3.8, 4) is 0 Å². The van der Waals surface area contributed by atoms with Crippen molar-refractivity contribution in [3.63, 3.8) is 0 Å². The summed E-state index contributed by atoms with van der Waals surface area (Å²) in [6, 6.07) is 5.42. The Balaban J connectivity index is 2.49. The Morgan fingerprint density at radius 2 is 2.36 bits per heavy atom. The maximum atomic E-state index is 13.2. The lowest BCUT2D eigenvalue weighted by atomic mass is 10.0. The SMILES string of the molecule is C=CCc1cccc2c1CC(F)C2=O. The fraction of sp³-hybridized carbons (Fsp3) is 0.250. The Morgan fingerprint density at radius 3 is 3.07 bits per heavy atom. The summed E-state index contributed by atoms with van der Waals surface area (Å²) in [7, 11) is 0. The second-order valence-electron chi connectivity index (χ2n) is 3.47. The number of halogens is 1. The van der Waals surface area contributed by atoms with Crippen LogP contribution >= 0.6 is 0 Å². The first-order valence-electron chi connectivity index (χ1n) is 4.64. The van der Waals surface area contributed by atoms with E-state index < -0.39 is 6.17 Å². The molecule has 0 N–H and O–H groups in total. The zero-order chi connectivity index (χ0) is 10.1. The molecule has 0 saturated heterocycles. The fourth-order valence-electron chi connectivity index (χ4n) is 1.89. The molecule has 0 bridgehead atoms. The molecule has 0 heterocycles. The molecule has 0 saturated carbocycles. The lowest BCUT2D eigenvalue weighted by Crippen LogP contribution is -2.07. The van der Waals surface area contributed by atoms with Crippen LogP contribution in [0.15, 0.2) is 30.9 Å². The monoisotopic (exact) mass is 190 g/mol. The van der Waals surface area contributed by atoms with E-state index in [1.54, 1.807) is 18.2 Å². The van der Waals surface area contributed by atoms with E-state index in [1.165, 1.54) is 0 Å². The predicted octanol–water partition coefficient (Wildman–Crippen LogP) is 2.49. The summed E-state index contributed by atoms with van der Waals surface area (Å²) in [5.74, 6) is -0.370. The van der Waals surface area contributed by atoms with Gasteiger partial charge in [0.2, 0.25) is 0 Å². The normalized spacial score (nSPS) is 19.5. The molecule has 72 valence electrons. The quantitative estimate of drug-likeness (QED) is 0.655. The van der Waals surface area contributed by atoms with E-state index in [9.17, 15) is 9.18 Å². The van der Waals surface area contributed by atoms with Gasteiger partial charge in [-0.2, -0.15) is 0 Å². The van der Waals surface area contributed by atoms with Crippen molar-refractivity contribution in [3.05, 3.63) is 47.5 Å². The molecule has 1 aromatic carbocycles. The summed E-state index contributed by atoms with van der Waals surface area (Å²) in [5.41, 5.74) is 2.44. The Hall–Kier alpha value is -1.44. The third kappa shape index (κ3) is 1.27. The number of hydrogen-bond donors (Lipinski definition) is 0. The highest BCUT2D eigenvalue weighted by molar-refractivity contribution is 6.04. The Kier molecular flexibility index (Phi) is 2.20. The number of carbonyl (C=O) groups excluding carboxylic acids is 1. The number of ketones is 1. The lowest BCUT2D eigenvalue weighted by Gasteiger charge is -2.03. The van der Waals surface area contributed by atoms with Crippen molar-refractivity contribution in [2.45, 2.75) is 19.0 Å². The summed E-state index contributed by atoms with van der Waals surface area (Å²) in [5, 5.41) is 0. The van der Waals surface area contributed by atoms with Gasteiger partial charge in [0.1, 0.15) is 0 Å². The van der Waals surface area contributed by atoms with E-state index in [-0.39, 0.29) is 12.2 Å². The van der Waals surface area contributed by atoms with Gasteiger partial charge in [-0.3, -0.25) is 4.79 Å². The molecule has 1 aliphatic rings. The minimum Gasteiger partial charge on any atom is -0.291 e. The third-order valence-electron chi connectivity index (χ3n) is 2.57. The van der Waals surface area contributed by atoms with Crippen LogP contribution in [0.2, 0.25) is 0 Å². The zero-order valence-corrected chi connectivity index (χ0v) is 7.79. The second-order valence-corrected chi connectivity index (χ2v) is 3.47. The maximum Gasteiger partial charge on any atom is 0.197 e. The number of hydrogen-bond acceptors (Lipinski definition) is 1. The molecule has 2 heteroatoms. The lowest BCUT2D eigenvalue weighted by molar-refractivity contribution is 0.0899. The molecule has 0 aliphatic heterocycles. The van der Waals surface area contributed by atoms with Crippen LogP contribution in [0.1, 0.15) is 21.5 Å². The molecule has 1 unspecified atom stereocenters. The first-order chi connectivity index (χ1) is 6.74. The molecular weight excluding hydrogens is 179 g/mol. The number of fused-ring (bicyclic) bond motifs is 1. The van der Waals surface area contributed by atoms with Crippen LogP contribution in [0.5, 0.6) is 0 Å². The molecule has 0 aromatic heterocycles. The van der Waals surface area contributed by atoms with Crippen LogP contribution in [0.4, 0.5) is 4.39 Å². The number of Topliss-reactive ketones (excluding diaryl/α,β-unsaturated/α-hetero) is 1. The molecule has 1 nitrogen and oxygen atoms in total. The first-order valence-corrected chi connectivity index (χ1v) is 4.64. The highest BCUT2D eigenvalue weighted by Gasteiger charge is 2.31. The van der Waals surface area contributed by atoms with E-state index >= 15 is 0 Å². The third-order valence-corrected chi connectivity index (χ3v) is 2.57. The van der Waals surface area contributed by atoms with Crippen LogP contribution < -0.4 is 0 Å². The van der Waals surface area contributed by atoms with E-state index in [0.717, 1.165) is 11.1 Å². The summed E-state index contributed by atoms with van der Waals surface area (Å²) in [6.07, 6.45) is 1.36. The molecule has 1 atom stereocenters. The smallest absolute Gasteiger partial charge is 0.197 e. The van der Waals surface area contributed by atoms with Gasteiger partial charge in [-0.25, -0.2) is 4.39 Å². The molecule has 1 aliphatic carbocycles.